The summed E-state index contributed by atoms with van der Waals surface area (Å²) < 4.78 is 10.7. The number of anilines is 1. The molecular weight excluding hydrogens is 274 g/mol. The van der Waals surface area contributed by atoms with Crippen LogP contribution in [-0.4, -0.2) is 6.79 Å². The lowest BCUT2D eigenvalue weighted by Gasteiger charge is -2.11. The summed E-state index contributed by atoms with van der Waals surface area (Å²) in [6.45, 7) is 5.18. The van der Waals surface area contributed by atoms with Gasteiger partial charge in [-0.1, -0.05) is 40.9 Å². The predicted octanol–water partition coefficient (Wildman–Crippen LogP) is 4.30. The first-order valence-corrected chi connectivity index (χ1v) is 6.90. The molecule has 1 aliphatic heterocycles. The Morgan fingerprint density at radius 3 is 2.35 bits per heavy atom. The van der Waals surface area contributed by atoms with Crippen molar-refractivity contribution in [1.82, 2.24) is 0 Å². The van der Waals surface area contributed by atoms with Gasteiger partial charge in [0.05, 0.1) is 10.7 Å². The molecule has 0 saturated carbocycles. The molecule has 0 radical (unpaired) electrons. The number of fused-ring (bicyclic) bond motifs is 1. The van der Waals surface area contributed by atoms with Crippen molar-refractivity contribution in [2.75, 3.05) is 12.1 Å². The Balaban J connectivity index is 1.78. The number of aryl methyl sites for hydroxylation is 2. The molecule has 0 fully saturated rings. The molecule has 3 nitrogen and oxygen atoms in total. The summed E-state index contributed by atoms with van der Waals surface area (Å²) in [4.78, 5) is 0. The monoisotopic (exact) mass is 289 g/mol. The Bertz CT molecular complexity index is 635. The molecule has 0 unspecified atom stereocenters. The summed E-state index contributed by atoms with van der Waals surface area (Å²) in [6, 6.07) is 10.2. The lowest BCUT2D eigenvalue weighted by molar-refractivity contribution is 0.174. The van der Waals surface area contributed by atoms with E-state index in [9.17, 15) is 0 Å². The Labute approximate surface area is 123 Å². The second-order valence-electron chi connectivity index (χ2n) is 5.03. The fourth-order valence-electron chi connectivity index (χ4n) is 2.42. The maximum Gasteiger partial charge on any atom is 0.231 e. The van der Waals surface area contributed by atoms with E-state index in [0.717, 1.165) is 18.0 Å². The molecule has 2 aromatic rings. The quantitative estimate of drug-likeness (QED) is 0.914. The molecule has 0 aliphatic carbocycles. The van der Waals surface area contributed by atoms with E-state index in [2.05, 4.69) is 37.4 Å². The first kappa shape index (κ1) is 13.1. The van der Waals surface area contributed by atoms with Crippen LogP contribution in [0.4, 0.5) is 5.69 Å². The molecule has 0 atom stereocenters. The zero-order valence-corrected chi connectivity index (χ0v) is 12.3. The van der Waals surface area contributed by atoms with Crippen LogP contribution in [-0.2, 0) is 6.54 Å². The smallest absolute Gasteiger partial charge is 0.231 e. The highest BCUT2D eigenvalue weighted by Gasteiger charge is 2.16. The molecule has 1 aliphatic rings. The van der Waals surface area contributed by atoms with E-state index in [4.69, 9.17) is 21.1 Å². The van der Waals surface area contributed by atoms with Crippen LogP contribution in [0.15, 0.2) is 30.3 Å². The Morgan fingerprint density at radius 2 is 1.65 bits per heavy atom. The topological polar surface area (TPSA) is 30.5 Å². The van der Waals surface area contributed by atoms with Gasteiger partial charge in [-0.2, -0.15) is 0 Å². The molecular formula is C16H16ClNO2. The van der Waals surface area contributed by atoms with Crippen molar-refractivity contribution in [3.8, 4) is 11.5 Å². The van der Waals surface area contributed by atoms with Crippen LogP contribution in [0.1, 0.15) is 16.7 Å². The largest absolute Gasteiger partial charge is 0.454 e. The highest BCUT2D eigenvalue weighted by molar-refractivity contribution is 6.33. The van der Waals surface area contributed by atoms with Crippen LogP contribution in [0.5, 0.6) is 11.5 Å². The van der Waals surface area contributed by atoms with Gasteiger partial charge in [-0.05, 0) is 19.4 Å². The molecule has 104 valence electrons. The van der Waals surface area contributed by atoms with Crippen LogP contribution in [0.2, 0.25) is 5.02 Å². The van der Waals surface area contributed by atoms with Crippen LogP contribution >= 0.6 is 11.6 Å². The van der Waals surface area contributed by atoms with Crippen molar-refractivity contribution >= 4 is 17.3 Å². The summed E-state index contributed by atoms with van der Waals surface area (Å²) in [7, 11) is 0. The Kier molecular flexibility index (Phi) is 3.45. The minimum atomic E-state index is 0.256. The molecule has 0 spiro atoms. The number of rotatable bonds is 3. The standard InChI is InChI=1S/C16H16ClNO2/c1-10-3-11(2)5-12(4-10)8-18-14-7-16-15(6-13(14)17)19-9-20-16/h3-7,18H,8-9H2,1-2H3. The van der Waals surface area contributed by atoms with Gasteiger partial charge in [0.1, 0.15) is 0 Å². The number of halogens is 1. The normalized spacial score (nSPS) is 12.6. The minimum Gasteiger partial charge on any atom is -0.454 e. The van der Waals surface area contributed by atoms with Crippen LogP contribution in [0, 0.1) is 13.8 Å². The molecule has 2 aromatic carbocycles. The summed E-state index contributed by atoms with van der Waals surface area (Å²) in [5.41, 5.74) is 4.61. The third-order valence-corrected chi connectivity index (χ3v) is 3.54. The molecule has 1 N–H and O–H groups in total. The Hall–Kier alpha value is -1.87. The SMILES string of the molecule is Cc1cc(C)cc(CNc2cc3c(cc2Cl)OCO3)c1. The van der Waals surface area contributed by atoms with Gasteiger partial charge < -0.3 is 14.8 Å². The van der Waals surface area contributed by atoms with Crippen molar-refractivity contribution in [2.24, 2.45) is 0 Å². The second kappa shape index (κ2) is 5.25. The fourth-order valence-corrected chi connectivity index (χ4v) is 2.64. The highest BCUT2D eigenvalue weighted by Crippen LogP contribution is 2.39. The van der Waals surface area contributed by atoms with E-state index >= 15 is 0 Å². The maximum atomic E-state index is 6.24. The third-order valence-electron chi connectivity index (χ3n) is 3.23. The van der Waals surface area contributed by atoms with Crippen molar-refractivity contribution in [3.05, 3.63) is 52.0 Å². The van der Waals surface area contributed by atoms with Gasteiger partial charge in [0.25, 0.3) is 0 Å². The maximum absolute atomic E-state index is 6.24. The molecule has 0 aromatic heterocycles. The number of ether oxygens (including phenoxy) is 2. The molecule has 1 heterocycles. The first-order chi connectivity index (χ1) is 9.61. The minimum absolute atomic E-state index is 0.256. The van der Waals surface area contributed by atoms with Crippen LogP contribution in [0.3, 0.4) is 0 Å². The molecule has 0 saturated heterocycles. The number of benzene rings is 2. The first-order valence-electron chi connectivity index (χ1n) is 6.52. The summed E-state index contributed by atoms with van der Waals surface area (Å²) in [5.74, 6) is 1.43. The number of hydrogen-bond donors (Lipinski definition) is 1. The van der Waals surface area contributed by atoms with E-state index in [1.165, 1.54) is 16.7 Å². The number of hydrogen-bond acceptors (Lipinski definition) is 3. The van der Waals surface area contributed by atoms with Crippen LogP contribution in [0.25, 0.3) is 0 Å². The summed E-state index contributed by atoms with van der Waals surface area (Å²) in [5, 5.41) is 3.98. The van der Waals surface area contributed by atoms with Crippen molar-refractivity contribution in [3.63, 3.8) is 0 Å². The van der Waals surface area contributed by atoms with E-state index in [-0.39, 0.29) is 6.79 Å². The van der Waals surface area contributed by atoms with Gasteiger partial charge in [-0.3, -0.25) is 0 Å². The summed E-state index contributed by atoms with van der Waals surface area (Å²) in [6.07, 6.45) is 0. The van der Waals surface area contributed by atoms with Crippen molar-refractivity contribution in [2.45, 2.75) is 20.4 Å². The van der Waals surface area contributed by atoms with Gasteiger partial charge in [-0.15, -0.1) is 0 Å². The average molecular weight is 290 g/mol. The van der Waals surface area contributed by atoms with E-state index < -0.39 is 0 Å². The average Bonchev–Trinajstić information content (AvgIpc) is 2.81. The lowest BCUT2D eigenvalue weighted by Crippen LogP contribution is -2.01. The lowest BCUT2D eigenvalue weighted by atomic mass is 10.1. The molecule has 0 bridgehead atoms. The summed E-state index contributed by atoms with van der Waals surface area (Å²) >= 11 is 6.24. The molecule has 20 heavy (non-hydrogen) atoms. The zero-order valence-electron chi connectivity index (χ0n) is 11.5. The van der Waals surface area contributed by atoms with Crippen LogP contribution < -0.4 is 14.8 Å². The third kappa shape index (κ3) is 2.68. The highest BCUT2D eigenvalue weighted by atomic mass is 35.5. The van der Waals surface area contributed by atoms with Gasteiger partial charge in [0.15, 0.2) is 11.5 Å². The molecule has 4 heteroatoms. The number of nitrogens with one attached hydrogen (secondary N) is 1. The van der Waals surface area contributed by atoms with Gasteiger partial charge >= 0.3 is 0 Å². The molecule has 0 amide bonds. The van der Waals surface area contributed by atoms with Gasteiger partial charge in [0, 0.05) is 18.7 Å². The van der Waals surface area contributed by atoms with Crippen molar-refractivity contribution in [1.29, 1.82) is 0 Å². The van der Waals surface area contributed by atoms with E-state index in [1.807, 2.05) is 6.07 Å². The van der Waals surface area contributed by atoms with E-state index in [0.29, 0.717) is 10.8 Å². The Morgan fingerprint density at radius 1 is 1.00 bits per heavy atom. The fraction of sp³-hybridized carbons (Fsp3) is 0.250. The van der Waals surface area contributed by atoms with E-state index in [1.54, 1.807) is 6.07 Å². The van der Waals surface area contributed by atoms with Gasteiger partial charge in [-0.25, -0.2) is 0 Å². The van der Waals surface area contributed by atoms with Crippen molar-refractivity contribution < 1.29 is 9.47 Å². The second-order valence-corrected chi connectivity index (χ2v) is 5.44. The predicted molar refractivity (Wildman–Crippen MR) is 80.8 cm³/mol. The zero-order chi connectivity index (χ0) is 14.1. The molecule has 3 rings (SSSR count). The van der Waals surface area contributed by atoms with Gasteiger partial charge in [0.2, 0.25) is 6.79 Å².